The van der Waals surface area contributed by atoms with Gasteiger partial charge in [0, 0.05) is 24.0 Å². The highest BCUT2D eigenvalue weighted by molar-refractivity contribution is 6.03. The van der Waals surface area contributed by atoms with Crippen molar-refractivity contribution in [1.82, 2.24) is 20.1 Å². The molecule has 0 spiro atoms. The Balaban J connectivity index is 1.58. The average Bonchev–Trinajstić information content (AvgIpc) is 3.37. The number of hydrogen-bond donors (Lipinski definition) is 2. The number of amides is 3. The molecule has 1 aromatic heterocycles. The summed E-state index contributed by atoms with van der Waals surface area (Å²) in [7, 11) is 1.63. The molecule has 0 radical (unpaired) electrons. The number of rotatable bonds is 4. The fourth-order valence-electron chi connectivity index (χ4n) is 3.45. The molecule has 2 heterocycles. The van der Waals surface area contributed by atoms with Crippen molar-refractivity contribution in [3.05, 3.63) is 36.0 Å². The van der Waals surface area contributed by atoms with E-state index in [4.69, 9.17) is 0 Å². The van der Waals surface area contributed by atoms with Crippen molar-refractivity contribution >= 4 is 28.6 Å². The highest BCUT2D eigenvalue weighted by Crippen LogP contribution is 2.31. The van der Waals surface area contributed by atoms with E-state index in [9.17, 15) is 14.4 Å². The molecule has 2 aromatic rings. The van der Waals surface area contributed by atoms with Crippen molar-refractivity contribution in [2.45, 2.75) is 37.9 Å². The topological polar surface area (TPSA) is 83.4 Å². The van der Waals surface area contributed by atoms with Gasteiger partial charge in [0.15, 0.2) is 0 Å². The van der Waals surface area contributed by atoms with Crippen LogP contribution in [0.2, 0.25) is 0 Å². The molecule has 1 saturated carbocycles. The van der Waals surface area contributed by atoms with Gasteiger partial charge in [-0.15, -0.1) is 0 Å². The second-order valence-electron chi connectivity index (χ2n) is 7.34. The van der Waals surface area contributed by atoms with Gasteiger partial charge in [-0.05, 0) is 31.9 Å². The van der Waals surface area contributed by atoms with Crippen LogP contribution in [0, 0.1) is 0 Å². The summed E-state index contributed by atoms with van der Waals surface area (Å²) in [6.45, 7) is 2.00. The van der Waals surface area contributed by atoms with E-state index in [1.807, 2.05) is 34.9 Å². The fraction of sp³-hybridized carbons (Fsp3) is 0.421. The number of nitrogens with zero attached hydrogens (tertiary/aromatic N) is 2. The second-order valence-corrected chi connectivity index (χ2v) is 7.34. The van der Waals surface area contributed by atoms with Gasteiger partial charge >= 0.3 is 0 Å². The Morgan fingerprint density at radius 2 is 2.00 bits per heavy atom. The number of benzene rings is 1. The molecule has 1 atom stereocenters. The van der Waals surface area contributed by atoms with E-state index in [-0.39, 0.29) is 30.3 Å². The van der Waals surface area contributed by atoms with Crippen LogP contribution < -0.4 is 10.6 Å². The van der Waals surface area contributed by atoms with Crippen molar-refractivity contribution < 1.29 is 14.4 Å². The first-order chi connectivity index (χ1) is 12.4. The Bertz CT molecular complexity index is 915. The van der Waals surface area contributed by atoms with E-state index in [1.54, 1.807) is 14.0 Å². The smallest absolute Gasteiger partial charge is 0.271 e. The molecule has 136 valence electrons. The lowest BCUT2D eigenvalue weighted by Gasteiger charge is -2.41. The Morgan fingerprint density at radius 3 is 2.73 bits per heavy atom. The van der Waals surface area contributed by atoms with Crippen molar-refractivity contribution in [2.24, 2.45) is 0 Å². The van der Waals surface area contributed by atoms with E-state index in [0.717, 1.165) is 23.7 Å². The number of aromatic nitrogens is 1. The molecule has 0 bridgehead atoms. The van der Waals surface area contributed by atoms with Gasteiger partial charge in [0.1, 0.15) is 11.2 Å². The molecule has 2 N–H and O–H groups in total. The summed E-state index contributed by atoms with van der Waals surface area (Å²) in [6.07, 6.45) is 2.00. The third kappa shape index (κ3) is 2.64. The van der Waals surface area contributed by atoms with Gasteiger partial charge in [-0.3, -0.25) is 14.4 Å². The summed E-state index contributed by atoms with van der Waals surface area (Å²) in [4.78, 5) is 39.0. The first kappa shape index (κ1) is 16.6. The van der Waals surface area contributed by atoms with Crippen LogP contribution in [0.4, 0.5) is 0 Å². The summed E-state index contributed by atoms with van der Waals surface area (Å²) >= 11 is 0. The third-order valence-corrected chi connectivity index (χ3v) is 5.38. The number of para-hydroxylation sites is 1. The Labute approximate surface area is 151 Å². The number of fused-ring (bicyclic) bond motifs is 3. The normalized spacial score (nSPS) is 22.2. The minimum Gasteiger partial charge on any atom is -0.352 e. The number of nitrogens with one attached hydrogen (secondary N) is 2. The van der Waals surface area contributed by atoms with Gasteiger partial charge in [0.05, 0.1) is 13.1 Å². The molecule has 7 heteroatoms. The quantitative estimate of drug-likeness (QED) is 0.855. The number of carbonyl (C=O) groups excluding carboxylic acids is 3. The van der Waals surface area contributed by atoms with Gasteiger partial charge in [-0.1, -0.05) is 18.2 Å². The summed E-state index contributed by atoms with van der Waals surface area (Å²) in [5.41, 5.74) is 0.436. The van der Waals surface area contributed by atoms with Crippen LogP contribution in [0.25, 0.3) is 10.9 Å². The second kappa shape index (κ2) is 5.86. The lowest BCUT2D eigenvalue weighted by atomic mass is 9.95. The fourth-order valence-corrected chi connectivity index (χ4v) is 3.45. The summed E-state index contributed by atoms with van der Waals surface area (Å²) in [6, 6.07) is 9.84. The maximum Gasteiger partial charge on any atom is 0.271 e. The van der Waals surface area contributed by atoms with Crippen molar-refractivity contribution in [2.75, 3.05) is 13.6 Å². The van der Waals surface area contributed by atoms with Crippen LogP contribution in [0.1, 0.15) is 30.3 Å². The van der Waals surface area contributed by atoms with Crippen molar-refractivity contribution in [3.8, 4) is 0 Å². The minimum absolute atomic E-state index is 0.0771. The number of hydrogen-bond acceptors (Lipinski definition) is 3. The molecule has 26 heavy (non-hydrogen) atoms. The molecule has 1 fully saturated rings. The van der Waals surface area contributed by atoms with E-state index < -0.39 is 5.54 Å². The van der Waals surface area contributed by atoms with Crippen molar-refractivity contribution in [3.63, 3.8) is 0 Å². The lowest BCUT2D eigenvalue weighted by Crippen LogP contribution is -2.63. The summed E-state index contributed by atoms with van der Waals surface area (Å²) in [5.74, 6) is -0.725. The van der Waals surface area contributed by atoms with E-state index in [0.29, 0.717) is 12.2 Å². The van der Waals surface area contributed by atoms with E-state index in [2.05, 4.69) is 10.6 Å². The highest BCUT2D eigenvalue weighted by atomic mass is 16.2. The van der Waals surface area contributed by atoms with Gasteiger partial charge in [-0.25, -0.2) is 0 Å². The monoisotopic (exact) mass is 354 g/mol. The molecule has 1 aliphatic heterocycles. The Hall–Kier alpha value is -2.83. The maximum absolute atomic E-state index is 12.9. The number of carbonyl (C=O) groups is 3. The minimum atomic E-state index is -1.06. The molecule has 2 aliphatic rings. The summed E-state index contributed by atoms with van der Waals surface area (Å²) < 4.78 is 1.89. The Kier molecular flexibility index (Phi) is 3.75. The first-order valence-corrected chi connectivity index (χ1v) is 8.84. The number of likely N-dealkylation sites (N-methyl/N-ethyl adjacent to an activating group) is 1. The standard InChI is InChI=1S/C19H22N4O3/c1-19(18(26)20-10-16(24)21-13-7-8-13)11-23-14-6-4-3-5-12(14)9-15(23)17(25)22(19)2/h3-6,9,13H,7-8,10-11H2,1-2H3,(H,20,26)(H,21,24). The Morgan fingerprint density at radius 1 is 1.27 bits per heavy atom. The molecule has 7 nitrogen and oxygen atoms in total. The zero-order valence-electron chi connectivity index (χ0n) is 14.9. The molecule has 3 amide bonds. The van der Waals surface area contributed by atoms with Gasteiger partial charge in [0.2, 0.25) is 11.8 Å². The van der Waals surface area contributed by atoms with Crippen LogP contribution in [-0.2, 0) is 16.1 Å². The molecule has 1 unspecified atom stereocenters. The molecule has 1 aliphatic carbocycles. The maximum atomic E-state index is 12.9. The van der Waals surface area contributed by atoms with Crippen molar-refractivity contribution in [1.29, 1.82) is 0 Å². The first-order valence-electron chi connectivity index (χ1n) is 8.84. The molecular formula is C19H22N4O3. The summed E-state index contributed by atoms with van der Waals surface area (Å²) in [5, 5.41) is 6.50. The molecular weight excluding hydrogens is 332 g/mol. The van der Waals surface area contributed by atoms with E-state index in [1.165, 1.54) is 4.90 Å². The van der Waals surface area contributed by atoms with Crippen LogP contribution in [0.15, 0.2) is 30.3 Å². The highest BCUT2D eigenvalue weighted by Gasteiger charge is 2.45. The van der Waals surface area contributed by atoms with E-state index >= 15 is 0 Å². The molecule has 0 saturated heterocycles. The lowest BCUT2D eigenvalue weighted by molar-refractivity contribution is -0.134. The zero-order chi connectivity index (χ0) is 18.5. The molecule has 4 rings (SSSR count). The predicted octanol–water partition coefficient (Wildman–Crippen LogP) is 0.880. The third-order valence-electron chi connectivity index (χ3n) is 5.38. The molecule has 1 aromatic carbocycles. The van der Waals surface area contributed by atoms with Crippen LogP contribution in [0.5, 0.6) is 0 Å². The van der Waals surface area contributed by atoms with Gasteiger partial charge < -0.3 is 20.1 Å². The zero-order valence-corrected chi connectivity index (χ0v) is 14.9. The SMILES string of the molecule is CN1C(=O)c2cc3ccccc3n2CC1(C)C(=O)NCC(=O)NC1CC1. The van der Waals surface area contributed by atoms with Gasteiger partial charge in [0.25, 0.3) is 5.91 Å². The van der Waals surface area contributed by atoms with Gasteiger partial charge in [-0.2, -0.15) is 0 Å². The average molecular weight is 354 g/mol. The largest absolute Gasteiger partial charge is 0.352 e. The predicted molar refractivity (Wildman–Crippen MR) is 96.6 cm³/mol. The van der Waals surface area contributed by atoms with Crippen LogP contribution in [0.3, 0.4) is 0 Å². The van der Waals surface area contributed by atoms with Crippen LogP contribution >= 0.6 is 0 Å². The van der Waals surface area contributed by atoms with Crippen LogP contribution in [-0.4, -0.2) is 52.4 Å².